The van der Waals surface area contributed by atoms with Gasteiger partial charge in [-0.05, 0) is 13.3 Å². The highest BCUT2D eigenvalue weighted by atomic mass is 32.2. The molecule has 0 radical (unpaired) electrons. The number of hydrogen-bond acceptors (Lipinski definition) is 6. The van der Waals surface area contributed by atoms with Crippen LogP contribution in [0.2, 0.25) is 0 Å². The summed E-state index contributed by atoms with van der Waals surface area (Å²) in [4.78, 5) is 24.7. The van der Waals surface area contributed by atoms with Gasteiger partial charge in [-0.2, -0.15) is 0 Å². The summed E-state index contributed by atoms with van der Waals surface area (Å²) in [7, 11) is 1.62. The molecule has 0 saturated heterocycles. The number of aromatic nitrogens is 2. The van der Waals surface area contributed by atoms with Crippen molar-refractivity contribution in [3.05, 3.63) is 5.01 Å². The lowest BCUT2D eigenvalue weighted by Crippen LogP contribution is -2.39. The van der Waals surface area contributed by atoms with Gasteiger partial charge in [0, 0.05) is 13.6 Å². The molecule has 0 saturated carbocycles. The summed E-state index contributed by atoms with van der Waals surface area (Å²) in [6.45, 7) is 4.58. The lowest BCUT2D eigenvalue weighted by atomic mass is 10.4. The molecule has 19 heavy (non-hydrogen) atoms. The number of carbonyl (C=O) groups is 2. The Bertz CT molecular complexity index is 436. The summed E-state index contributed by atoms with van der Waals surface area (Å²) in [6.07, 6.45) is 0.885. The average Bonchev–Trinajstić information content (AvgIpc) is 2.79. The Morgan fingerprint density at radius 1 is 1.42 bits per heavy atom. The van der Waals surface area contributed by atoms with E-state index in [1.807, 2.05) is 13.8 Å². The normalized spacial score (nSPS) is 10.3. The Kier molecular flexibility index (Phi) is 6.79. The summed E-state index contributed by atoms with van der Waals surface area (Å²) in [6, 6.07) is 0. The third-order valence-corrected chi connectivity index (χ3v) is 4.16. The first kappa shape index (κ1) is 15.9. The molecule has 0 aromatic carbocycles. The van der Waals surface area contributed by atoms with E-state index in [4.69, 9.17) is 0 Å². The molecule has 2 amide bonds. The molecule has 0 spiro atoms. The topological polar surface area (TPSA) is 75.2 Å². The van der Waals surface area contributed by atoms with Crippen LogP contribution in [-0.4, -0.2) is 52.8 Å². The van der Waals surface area contributed by atoms with E-state index in [0.717, 1.165) is 15.8 Å². The number of thioether (sulfide) groups is 1. The van der Waals surface area contributed by atoms with Crippen molar-refractivity contribution in [1.82, 2.24) is 20.4 Å². The third-order valence-electron chi connectivity index (χ3n) is 2.21. The van der Waals surface area contributed by atoms with Crippen LogP contribution >= 0.6 is 23.1 Å². The number of carbonyl (C=O) groups excluding carboxylic acids is 2. The molecule has 1 heterocycles. The molecule has 0 bridgehead atoms. The molecule has 6 nitrogen and oxygen atoms in total. The van der Waals surface area contributed by atoms with E-state index < -0.39 is 0 Å². The number of nitrogens with zero attached hydrogens (tertiary/aromatic N) is 3. The predicted octanol–water partition coefficient (Wildman–Crippen LogP) is 0.923. The average molecular weight is 302 g/mol. The second-order valence-corrected chi connectivity index (χ2v) is 6.38. The first-order chi connectivity index (χ1) is 9.02. The Labute approximate surface area is 121 Å². The minimum absolute atomic E-state index is 0.0918. The van der Waals surface area contributed by atoms with Gasteiger partial charge in [0.15, 0.2) is 4.34 Å². The largest absolute Gasteiger partial charge is 0.355 e. The van der Waals surface area contributed by atoms with Crippen molar-refractivity contribution in [2.45, 2.75) is 24.6 Å². The van der Waals surface area contributed by atoms with Crippen molar-refractivity contribution >= 4 is 34.9 Å². The van der Waals surface area contributed by atoms with Crippen LogP contribution in [0.5, 0.6) is 0 Å². The Morgan fingerprint density at radius 3 is 2.74 bits per heavy atom. The Hall–Kier alpha value is -1.15. The molecule has 0 aliphatic heterocycles. The van der Waals surface area contributed by atoms with Crippen LogP contribution in [-0.2, 0) is 9.59 Å². The van der Waals surface area contributed by atoms with Gasteiger partial charge in [0.05, 0.1) is 12.3 Å². The zero-order valence-electron chi connectivity index (χ0n) is 11.3. The second-order valence-electron chi connectivity index (χ2n) is 3.98. The van der Waals surface area contributed by atoms with Crippen LogP contribution in [0.25, 0.3) is 0 Å². The van der Waals surface area contributed by atoms with Gasteiger partial charge in [-0.1, -0.05) is 30.0 Å². The van der Waals surface area contributed by atoms with E-state index in [1.165, 1.54) is 28.0 Å². The first-order valence-electron chi connectivity index (χ1n) is 5.96. The van der Waals surface area contributed by atoms with E-state index in [2.05, 4.69) is 15.5 Å². The van der Waals surface area contributed by atoms with Crippen LogP contribution in [0.1, 0.15) is 18.4 Å². The quantitative estimate of drug-likeness (QED) is 0.758. The van der Waals surface area contributed by atoms with Crippen LogP contribution in [0.4, 0.5) is 0 Å². The summed E-state index contributed by atoms with van der Waals surface area (Å²) < 4.78 is 0.773. The van der Waals surface area contributed by atoms with Crippen molar-refractivity contribution in [3.8, 4) is 0 Å². The summed E-state index contributed by atoms with van der Waals surface area (Å²) >= 11 is 2.80. The molecule has 1 rings (SSSR count). The van der Waals surface area contributed by atoms with Gasteiger partial charge in [0.2, 0.25) is 11.8 Å². The van der Waals surface area contributed by atoms with Crippen LogP contribution in [0, 0.1) is 6.92 Å². The zero-order valence-corrected chi connectivity index (χ0v) is 12.9. The second kappa shape index (κ2) is 8.11. The van der Waals surface area contributed by atoms with Crippen molar-refractivity contribution in [2.24, 2.45) is 0 Å². The van der Waals surface area contributed by atoms with Crippen molar-refractivity contribution < 1.29 is 9.59 Å². The molecule has 1 aromatic rings. The molecule has 8 heteroatoms. The molecule has 0 aliphatic carbocycles. The SMILES string of the molecule is CCCNC(=O)CN(C)C(=O)CSc1nnc(C)s1. The number of rotatable bonds is 7. The Morgan fingerprint density at radius 2 is 2.16 bits per heavy atom. The van der Waals surface area contributed by atoms with E-state index in [0.29, 0.717) is 6.54 Å². The van der Waals surface area contributed by atoms with Crippen LogP contribution in [0.15, 0.2) is 4.34 Å². The molecular weight excluding hydrogens is 284 g/mol. The summed E-state index contributed by atoms with van der Waals surface area (Å²) in [5.41, 5.74) is 0. The van der Waals surface area contributed by atoms with Gasteiger partial charge >= 0.3 is 0 Å². The number of aryl methyl sites for hydroxylation is 1. The number of amides is 2. The molecule has 0 aliphatic rings. The number of hydrogen-bond donors (Lipinski definition) is 1. The number of likely N-dealkylation sites (N-methyl/N-ethyl adjacent to an activating group) is 1. The third kappa shape index (κ3) is 6.02. The summed E-state index contributed by atoms with van der Waals surface area (Å²) in [5, 5.41) is 11.4. The molecule has 1 aromatic heterocycles. The Balaban J connectivity index is 2.30. The molecule has 0 atom stereocenters. The number of nitrogens with one attached hydrogen (secondary N) is 1. The molecule has 0 fully saturated rings. The van der Waals surface area contributed by atoms with Crippen LogP contribution in [0.3, 0.4) is 0 Å². The highest BCUT2D eigenvalue weighted by Gasteiger charge is 2.13. The maximum absolute atomic E-state index is 11.8. The van der Waals surface area contributed by atoms with Crippen molar-refractivity contribution in [2.75, 3.05) is 25.9 Å². The fourth-order valence-corrected chi connectivity index (χ4v) is 2.95. The van der Waals surface area contributed by atoms with E-state index >= 15 is 0 Å². The van der Waals surface area contributed by atoms with E-state index in [9.17, 15) is 9.59 Å². The molecule has 106 valence electrons. The fourth-order valence-electron chi connectivity index (χ4n) is 1.19. The predicted molar refractivity (Wildman–Crippen MR) is 76.3 cm³/mol. The smallest absolute Gasteiger partial charge is 0.239 e. The molecule has 1 N–H and O–H groups in total. The lowest BCUT2D eigenvalue weighted by Gasteiger charge is -2.16. The van der Waals surface area contributed by atoms with E-state index in [-0.39, 0.29) is 24.1 Å². The lowest BCUT2D eigenvalue weighted by molar-refractivity contribution is -0.132. The summed E-state index contributed by atoms with van der Waals surface area (Å²) in [5.74, 6) is 0.0468. The van der Waals surface area contributed by atoms with Gasteiger partial charge in [0.25, 0.3) is 0 Å². The highest BCUT2D eigenvalue weighted by Crippen LogP contribution is 2.21. The van der Waals surface area contributed by atoms with Gasteiger partial charge in [-0.3, -0.25) is 9.59 Å². The van der Waals surface area contributed by atoms with Gasteiger partial charge in [0.1, 0.15) is 5.01 Å². The van der Waals surface area contributed by atoms with Crippen molar-refractivity contribution in [3.63, 3.8) is 0 Å². The van der Waals surface area contributed by atoms with Gasteiger partial charge in [-0.25, -0.2) is 0 Å². The standard InChI is InChI=1S/C11H18N4O2S2/c1-4-5-12-9(16)6-15(3)10(17)7-18-11-14-13-8(2)19-11/h4-7H2,1-3H3,(H,12,16). The maximum Gasteiger partial charge on any atom is 0.239 e. The minimum atomic E-state index is -0.130. The molecule has 0 unspecified atom stereocenters. The van der Waals surface area contributed by atoms with Crippen LogP contribution < -0.4 is 5.32 Å². The fraction of sp³-hybridized carbons (Fsp3) is 0.636. The molecular formula is C11H18N4O2S2. The van der Waals surface area contributed by atoms with E-state index in [1.54, 1.807) is 7.05 Å². The van der Waals surface area contributed by atoms with Crippen molar-refractivity contribution in [1.29, 1.82) is 0 Å². The first-order valence-corrected chi connectivity index (χ1v) is 7.76. The minimum Gasteiger partial charge on any atom is -0.355 e. The zero-order chi connectivity index (χ0) is 14.3. The monoisotopic (exact) mass is 302 g/mol. The van der Waals surface area contributed by atoms with Gasteiger partial charge in [-0.15, -0.1) is 10.2 Å². The maximum atomic E-state index is 11.8. The highest BCUT2D eigenvalue weighted by molar-refractivity contribution is 8.01. The van der Waals surface area contributed by atoms with Gasteiger partial charge < -0.3 is 10.2 Å².